The van der Waals surface area contributed by atoms with Gasteiger partial charge in [-0.15, -0.1) is 6.58 Å². The smallest absolute Gasteiger partial charge is 0.276 e. The molecule has 6 rings (SSSR count). The summed E-state index contributed by atoms with van der Waals surface area (Å²) in [6.07, 6.45) is 1.94. The monoisotopic (exact) mass is 645 g/mol. The van der Waals surface area contributed by atoms with Gasteiger partial charge in [-0.1, -0.05) is 53.7 Å². The number of nitrogens with zero attached hydrogens (tertiary/aromatic N) is 5. The molecule has 244 valence electrons. The third kappa shape index (κ3) is 6.19. The molecule has 47 heavy (non-hydrogen) atoms. The fourth-order valence-electron chi connectivity index (χ4n) is 5.93. The van der Waals surface area contributed by atoms with Crippen molar-refractivity contribution < 1.29 is 22.1 Å². The van der Waals surface area contributed by atoms with Crippen molar-refractivity contribution in [3.05, 3.63) is 124 Å². The first-order chi connectivity index (χ1) is 22.4. The first-order valence-corrected chi connectivity index (χ1v) is 15.4. The van der Waals surface area contributed by atoms with Gasteiger partial charge in [0.15, 0.2) is 0 Å². The number of anilines is 1. The van der Waals surface area contributed by atoms with Crippen molar-refractivity contribution in [1.29, 1.82) is 0 Å². The summed E-state index contributed by atoms with van der Waals surface area (Å²) in [5.41, 5.74) is 0.0302. The lowest BCUT2D eigenvalue weighted by Crippen LogP contribution is -2.44. The summed E-state index contributed by atoms with van der Waals surface area (Å²) < 4.78 is 67.4. The molecule has 5 aromatic rings. The average molecular weight is 646 g/mol. The number of fused-ring (bicyclic) bond motifs is 1. The topological polar surface area (TPSA) is 67.4 Å². The van der Waals surface area contributed by atoms with E-state index < -0.39 is 40.4 Å². The summed E-state index contributed by atoms with van der Waals surface area (Å²) in [5.74, 6) is -4.43. The Hall–Kier alpha value is -4.77. The molecule has 11 heteroatoms. The predicted octanol–water partition coefficient (Wildman–Crippen LogP) is 7.12. The summed E-state index contributed by atoms with van der Waals surface area (Å²) in [6, 6.07) is 15.6. The summed E-state index contributed by atoms with van der Waals surface area (Å²) in [7, 11) is 1.99. The number of allylic oxidation sites excluding steroid dienone is 1. The van der Waals surface area contributed by atoms with Crippen molar-refractivity contribution in [2.45, 2.75) is 38.2 Å². The minimum absolute atomic E-state index is 0.00639. The molecule has 1 aliphatic rings. The minimum atomic E-state index is -3.28. The van der Waals surface area contributed by atoms with Crippen LogP contribution < -0.4 is 10.3 Å². The second kappa shape index (κ2) is 12.4. The first kappa shape index (κ1) is 32.2. The van der Waals surface area contributed by atoms with Gasteiger partial charge in [-0.2, -0.15) is 4.98 Å². The van der Waals surface area contributed by atoms with Crippen LogP contribution in [0.5, 0.6) is 0 Å². The van der Waals surface area contributed by atoms with Gasteiger partial charge in [0.05, 0.1) is 28.7 Å². The quantitative estimate of drug-likeness (QED) is 0.126. The molecule has 7 nitrogen and oxygen atoms in total. The highest BCUT2D eigenvalue weighted by molar-refractivity contribution is 5.86. The normalized spacial score (nSPS) is 14.6. The number of halogens is 4. The Labute approximate surface area is 269 Å². The Bertz CT molecular complexity index is 2000. The number of hydrogen-bond acceptors (Lipinski definition) is 6. The van der Waals surface area contributed by atoms with Gasteiger partial charge in [-0.3, -0.25) is 4.79 Å². The highest BCUT2D eigenvalue weighted by Gasteiger charge is 2.32. The minimum Gasteiger partial charge on any atom is -0.367 e. The third-order valence-corrected chi connectivity index (χ3v) is 8.91. The van der Waals surface area contributed by atoms with E-state index in [4.69, 9.17) is 4.52 Å². The Morgan fingerprint density at radius 3 is 2.36 bits per heavy atom. The number of alkyl halides is 2. The van der Waals surface area contributed by atoms with E-state index in [1.165, 1.54) is 24.4 Å². The second-order valence-corrected chi connectivity index (χ2v) is 12.5. The van der Waals surface area contributed by atoms with E-state index in [0.717, 1.165) is 30.8 Å². The molecule has 0 N–H and O–H groups in total. The Kier molecular flexibility index (Phi) is 8.52. The Morgan fingerprint density at radius 2 is 1.68 bits per heavy atom. The van der Waals surface area contributed by atoms with Crippen molar-refractivity contribution in [2.75, 3.05) is 38.1 Å². The zero-order valence-electron chi connectivity index (χ0n) is 26.4. The van der Waals surface area contributed by atoms with Gasteiger partial charge in [0.2, 0.25) is 17.1 Å². The van der Waals surface area contributed by atoms with Crippen molar-refractivity contribution in [3.63, 3.8) is 0 Å². The molecule has 3 aromatic carbocycles. The Balaban J connectivity index is 1.48. The van der Waals surface area contributed by atoms with Gasteiger partial charge in [0.25, 0.3) is 5.92 Å². The summed E-state index contributed by atoms with van der Waals surface area (Å²) in [6.45, 7) is 9.68. The number of rotatable bonds is 9. The molecule has 0 spiro atoms. The lowest BCUT2D eigenvalue weighted by atomic mass is 9.84. The average Bonchev–Trinajstić information content (AvgIpc) is 3.55. The van der Waals surface area contributed by atoms with Crippen LogP contribution in [0, 0.1) is 11.6 Å². The third-order valence-electron chi connectivity index (χ3n) is 8.91. The van der Waals surface area contributed by atoms with E-state index in [1.54, 1.807) is 10.6 Å². The van der Waals surface area contributed by atoms with Crippen molar-refractivity contribution in [2.24, 2.45) is 0 Å². The number of piperazine rings is 1. The molecule has 0 bridgehead atoms. The van der Waals surface area contributed by atoms with Gasteiger partial charge < -0.3 is 18.9 Å². The molecule has 0 unspecified atom stereocenters. The molecule has 3 heterocycles. The molecule has 0 atom stereocenters. The maximum Gasteiger partial charge on any atom is 0.276 e. The molecule has 1 saturated heterocycles. The van der Waals surface area contributed by atoms with Gasteiger partial charge >= 0.3 is 0 Å². The van der Waals surface area contributed by atoms with Gasteiger partial charge in [0.1, 0.15) is 11.6 Å². The molecule has 1 fully saturated rings. The molecular formula is C36H35F4N5O2. The number of pyridine rings is 1. The zero-order valence-corrected chi connectivity index (χ0v) is 26.4. The van der Waals surface area contributed by atoms with E-state index in [-0.39, 0.29) is 34.8 Å². The van der Waals surface area contributed by atoms with Crippen LogP contribution in [0.1, 0.15) is 42.8 Å². The van der Waals surface area contributed by atoms with Crippen LogP contribution in [0.2, 0.25) is 0 Å². The molecular weight excluding hydrogens is 610 g/mol. The summed E-state index contributed by atoms with van der Waals surface area (Å²) in [5, 5.41) is 4.16. The molecule has 0 saturated carbocycles. The molecule has 1 aliphatic heterocycles. The second-order valence-electron chi connectivity index (χ2n) is 12.5. The fourth-order valence-corrected chi connectivity index (χ4v) is 5.93. The lowest BCUT2D eigenvalue weighted by Gasteiger charge is -2.34. The van der Waals surface area contributed by atoms with E-state index in [1.807, 2.05) is 56.1 Å². The number of benzene rings is 3. The summed E-state index contributed by atoms with van der Waals surface area (Å²) >= 11 is 0. The van der Waals surface area contributed by atoms with E-state index in [2.05, 4.69) is 21.6 Å². The largest absolute Gasteiger partial charge is 0.367 e. The highest BCUT2D eigenvalue weighted by atomic mass is 19.3. The molecule has 0 radical (unpaired) electrons. The maximum atomic E-state index is 15.7. The highest BCUT2D eigenvalue weighted by Crippen LogP contribution is 2.34. The molecule has 0 aliphatic carbocycles. The summed E-state index contributed by atoms with van der Waals surface area (Å²) in [4.78, 5) is 22.6. The predicted molar refractivity (Wildman–Crippen MR) is 174 cm³/mol. The van der Waals surface area contributed by atoms with Crippen LogP contribution in [0.25, 0.3) is 22.3 Å². The van der Waals surface area contributed by atoms with Gasteiger partial charge in [-0.05, 0) is 44.7 Å². The SMILES string of the molecule is C=CCC(F)(F)c1ccc(Cn2cc(-c3noc(C(C)(C)c4ccccc4)n3)c(=O)c3cc(F)c(N4CCN(C)CC4)cc32)c(F)c1. The van der Waals surface area contributed by atoms with Crippen LogP contribution >= 0.6 is 0 Å². The van der Waals surface area contributed by atoms with Crippen LogP contribution in [0.3, 0.4) is 0 Å². The van der Waals surface area contributed by atoms with Crippen LogP contribution in [0.15, 0.2) is 88.8 Å². The zero-order chi connectivity index (χ0) is 33.5. The Morgan fingerprint density at radius 1 is 0.957 bits per heavy atom. The standard InChI is InChI=1S/C36H35F4N5O2/c1-5-13-36(39,40)25-12-11-23(28(37)18-25)21-45-22-27(33-41-34(47-42-33)35(2,3)24-9-7-6-8-10-24)32(46)26-19-29(38)31(20-30(26)45)44-16-14-43(4)15-17-44/h5-12,18-20,22H,1,13-17,21H2,2-4H3. The number of hydrogen-bond donors (Lipinski definition) is 0. The van der Waals surface area contributed by atoms with E-state index in [9.17, 15) is 13.6 Å². The van der Waals surface area contributed by atoms with E-state index in [0.29, 0.717) is 24.3 Å². The van der Waals surface area contributed by atoms with Gasteiger partial charge in [-0.25, -0.2) is 17.6 Å². The lowest BCUT2D eigenvalue weighted by molar-refractivity contribution is -0.00117. The number of aromatic nitrogens is 3. The van der Waals surface area contributed by atoms with Crippen LogP contribution in [-0.2, 0) is 17.9 Å². The van der Waals surface area contributed by atoms with Crippen LogP contribution in [-0.4, -0.2) is 52.8 Å². The maximum absolute atomic E-state index is 15.7. The fraction of sp³-hybridized carbons (Fsp3) is 0.306. The molecule has 2 aromatic heterocycles. The van der Waals surface area contributed by atoms with Gasteiger partial charge in [0, 0.05) is 55.3 Å². The van der Waals surface area contributed by atoms with E-state index >= 15 is 8.78 Å². The van der Waals surface area contributed by atoms with Crippen molar-refractivity contribution in [3.8, 4) is 11.4 Å². The van der Waals surface area contributed by atoms with Crippen molar-refractivity contribution in [1.82, 2.24) is 19.6 Å². The van der Waals surface area contributed by atoms with Crippen LogP contribution in [0.4, 0.5) is 23.2 Å². The first-order valence-electron chi connectivity index (χ1n) is 15.4. The molecule has 0 amide bonds. The number of likely N-dealkylation sites (N-methyl/N-ethyl adjacent to an activating group) is 1. The van der Waals surface area contributed by atoms with Crippen molar-refractivity contribution >= 4 is 16.6 Å².